The number of carbonyl (C=O) groups excluding carboxylic acids is 1. The molecule has 2 atom stereocenters. The first kappa shape index (κ1) is 17.3. The molecular formula is C16H21N3O3S2. The van der Waals surface area contributed by atoms with E-state index >= 15 is 0 Å². The molecule has 130 valence electrons. The summed E-state index contributed by atoms with van der Waals surface area (Å²) in [5.41, 5.74) is 2.94. The molecule has 0 saturated carbocycles. The average Bonchev–Trinajstić information content (AvgIpc) is 2.94. The number of likely N-dealkylation sites (N-methyl/N-ethyl adjacent to an activating group) is 1. The quantitative estimate of drug-likeness (QED) is 0.875. The highest BCUT2D eigenvalue weighted by Crippen LogP contribution is 2.29. The van der Waals surface area contributed by atoms with E-state index < -0.39 is 9.84 Å². The third-order valence-corrected chi connectivity index (χ3v) is 7.13. The second-order valence-corrected chi connectivity index (χ2v) is 9.49. The maximum atomic E-state index is 12.2. The van der Waals surface area contributed by atoms with Crippen LogP contribution in [0.15, 0.2) is 23.2 Å². The number of thioether (sulfide) groups is 1. The molecule has 0 spiro atoms. The van der Waals surface area contributed by atoms with Crippen LogP contribution in [-0.2, 0) is 14.6 Å². The van der Waals surface area contributed by atoms with Crippen molar-refractivity contribution in [1.29, 1.82) is 0 Å². The molecule has 0 bridgehead atoms. The first-order valence-electron chi connectivity index (χ1n) is 7.76. The molecule has 1 aromatic carbocycles. The van der Waals surface area contributed by atoms with Crippen LogP contribution in [0, 0.1) is 13.8 Å². The number of amidine groups is 1. The van der Waals surface area contributed by atoms with Gasteiger partial charge in [-0.1, -0.05) is 23.9 Å². The van der Waals surface area contributed by atoms with Gasteiger partial charge in [0.15, 0.2) is 15.0 Å². The Hall–Kier alpha value is -1.54. The zero-order valence-corrected chi connectivity index (χ0v) is 15.6. The largest absolute Gasteiger partial charge is 0.348 e. The molecule has 1 saturated heterocycles. The fraction of sp³-hybridized carbons (Fsp3) is 0.500. The van der Waals surface area contributed by atoms with Crippen LogP contribution in [0.5, 0.6) is 0 Å². The molecule has 1 amide bonds. The third kappa shape index (κ3) is 3.59. The Bertz CT molecular complexity index is 805. The number of carbonyl (C=O) groups is 1. The van der Waals surface area contributed by atoms with Crippen molar-refractivity contribution in [2.24, 2.45) is 4.99 Å². The summed E-state index contributed by atoms with van der Waals surface area (Å²) in [6.07, 6.45) is 0. The van der Waals surface area contributed by atoms with Crippen LogP contribution in [0.1, 0.15) is 11.1 Å². The van der Waals surface area contributed by atoms with Crippen LogP contribution < -0.4 is 5.32 Å². The summed E-state index contributed by atoms with van der Waals surface area (Å²) in [4.78, 5) is 18.6. The SMILES string of the molecule is Cc1ccc(C)c(NC(=O)CSC2=N[C@@H]3CS(=O)(=O)C[C@H]3N2C)c1. The van der Waals surface area contributed by atoms with Crippen LogP contribution >= 0.6 is 11.8 Å². The zero-order valence-electron chi connectivity index (χ0n) is 13.9. The zero-order chi connectivity index (χ0) is 17.5. The van der Waals surface area contributed by atoms with E-state index in [1.165, 1.54) is 11.8 Å². The van der Waals surface area contributed by atoms with E-state index in [9.17, 15) is 13.2 Å². The molecule has 8 heteroatoms. The molecular weight excluding hydrogens is 346 g/mol. The monoisotopic (exact) mass is 367 g/mol. The molecule has 1 fully saturated rings. The minimum Gasteiger partial charge on any atom is -0.348 e. The van der Waals surface area contributed by atoms with Crippen LogP contribution in [0.25, 0.3) is 0 Å². The Kier molecular flexibility index (Phi) is 4.61. The number of benzene rings is 1. The molecule has 0 aliphatic carbocycles. The highest BCUT2D eigenvalue weighted by Gasteiger charge is 2.45. The minimum absolute atomic E-state index is 0.0837. The smallest absolute Gasteiger partial charge is 0.234 e. The van der Waals surface area contributed by atoms with Gasteiger partial charge < -0.3 is 10.2 Å². The molecule has 2 aliphatic heterocycles. The molecule has 0 unspecified atom stereocenters. The van der Waals surface area contributed by atoms with E-state index in [1.54, 1.807) is 0 Å². The van der Waals surface area contributed by atoms with Gasteiger partial charge in [-0.2, -0.15) is 0 Å². The number of aliphatic imine (C=N–C) groups is 1. The molecule has 0 radical (unpaired) electrons. The third-order valence-electron chi connectivity index (χ3n) is 4.37. The Labute approximate surface area is 146 Å². The van der Waals surface area contributed by atoms with Gasteiger partial charge in [0.2, 0.25) is 5.91 Å². The summed E-state index contributed by atoms with van der Waals surface area (Å²) in [5, 5.41) is 3.67. The predicted octanol–water partition coefficient (Wildman–Crippen LogP) is 1.44. The molecule has 2 aliphatic rings. The average molecular weight is 367 g/mol. The number of hydrogen-bond donors (Lipinski definition) is 1. The van der Waals surface area contributed by atoms with Crippen molar-refractivity contribution in [3.8, 4) is 0 Å². The standard InChI is InChI=1S/C16H21N3O3S2/c1-10-4-5-11(2)12(6-10)17-15(20)7-23-16-18-13-8-24(21,22)9-14(13)19(16)3/h4-6,13-14H,7-9H2,1-3H3,(H,17,20)/t13-,14-/m1/s1. The summed E-state index contributed by atoms with van der Waals surface area (Å²) in [7, 11) is -1.13. The number of anilines is 1. The second kappa shape index (κ2) is 6.40. The maximum absolute atomic E-state index is 12.2. The van der Waals surface area contributed by atoms with Crippen molar-refractivity contribution in [3.63, 3.8) is 0 Å². The van der Waals surface area contributed by atoms with Gasteiger partial charge in [-0.05, 0) is 31.0 Å². The lowest BCUT2D eigenvalue weighted by Crippen LogP contribution is -2.35. The molecule has 3 rings (SSSR count). The highest BCUT2D eigenvalue weighted by atomic mass is 32.2. The lowest BCUT2D eigenvalue weighted by Gasteiger charge is -2.20. The molecule has 0 aromatic heterocycles. The summed E-state index contributed by atoms with van der Waals surface area (Å²) >= 11 is 1.36. The number of nitrogens with one attached hydrogen (secondary N) is 1. The Morgan fingerprint density at radius 2 is 2.12 bits per heavy atom. The number of fused-ring (bicyclic) bond motifs is 1. The fourth-order valence-corrected chi connectivity index (χ4v) is 5.81. The second-order valence-electron chi connectivity index (χ2n) is 6.39. The van der Waals surface area contributed by atoms with Crippen molar-refractivity contribution in [3.05, 3.63) is 29.3 Å². The van der Waals surface area contributed by atoms with Gasteiger partial charge in [0, 0.05) is 12.7 Å². The molecule has 1 aromatic rings. The lowest BCUT2D eigenvalue weighted by atomic mass is 10.1. The van der Waals surface area contributed by atoms with Gasteiger partial charge >= 0.3 is 0 Å². The first-order valence-corrected chi connectivity index (χ1v) is 10.6. The van der Waals surface area contributed by atoms with Crippen LogP contribution in [0.3, 0.4) is 0 Å². The molecule has 6 nitrogen and oxygen atoms in total. The Morgan fingerprint density at radius 1 is 1.38 bits per heavy atom. The minimum atomic E-state index is -2.98. The van der Waals surface area contributed by atoms with Crippen molar-refractivity contribution < 1.29 is 13.2 Å². The van der Waals surface area contributed by atoms with Gasteiger partial charge in [0.05, 0.1) is 29.3 Å². The van der Waals surface area contributed by atoms with Gasteiger partial charge in [-0.3, -0.25) is 9.79 Å². The predicted molar refractivity (Wildman–Crippen MR) is 98.4 cm³/mol. The van der Waals surface area contributed by atoms with Crippen LogP contribution in [-0.4, -0.2) is 60.8 Å². The van der Waals surface area contributed by atoms with Gasteiger partial charge in [0.25, 0.3) is 0 Å². The Morgan fingerprint density at radius 3 is 2.83 bits per heavy atom. The van der Waals surface area contributed by atoms with E-state index in [-0.39, 0.29) is 35.2 Å². The van der Waals surface area contributed by atoms with E-state index in [0.717, 1.165) is 22.0 Å². The van der Waals surface area contributed by atoms with Gasteiger partial charge in [-0.25, -0.2) is 8.42 Å². The summed E-state index contributed by atoms with van der Waals surface area (Å²) in [6.45, 7) is 3.94. The highest BCUT2D eigenvalue weighted by molar-refractivity contribution is 8.14. The van der Waals surface area contributed by atoms with Gasteiger partial charge in [-0.15, -0.1) is 0 Å². The van der Waals surface area contributed by atoms with E-state index in [2.05, 4.69) is 10.3 Å². The van der Waals surface area contributed by atoms with E-state index in [4.69, 9.17) is 0 Å². The van der Waals surface area contributed by atoms with Crippen molar-refractivity contribution in [1.82, 2.24) is 4.90 Å². The Balaban J connectivity index is 1.58. The topological polar surface area (TPSA) is 78.8 Å². The normalized spacial score (nSPS) is 24.6. The first-order chi connectivity index (χ1) is 11.2. The van der Waals surface area contributed by atoms with Crippen LogP contribution in [0.2, 0.25) is 0 Å². The van der Waals surface area contributed by atoms with Crippen molar-refractivity contribution >= 4 is 38.4 Å². The van der Waals surface area contributed by atoms with E-state index in [0.29, 0.717) is 0 Å². The maximum Gasteiger partial charge on any atom is 0.234 e. The molecule has 1 N–H and O–H groups in total. The van der Waals surface area contributed by atoms with Crippen molar-refractivity contribution in [2.45, 2.75) is 25.9 Å². The number of aryl methyl sites for hydroxylation is 2. The summed E-state index contributed by atoms with van der Waals surface area (Å²) in [5.74, 6) is 0.425. The number of hydrogen-bond acceptors (Lipinski definition) is 6. The number of rotatable bonds is 3. The molecule has 24 heavy (non-hydrogen) atoms. The molecule has 2 heterocycles. The lowest BCUT2D eigenvalue weighted by molar-refractivity contribution is -0.113. The number of nitrogens with zero attached hydrogens (tertiary/aromatic N) is 2. The summed E-state index contributed by atoms with van der Waals surface area (Å²) < 4.78 is 23.3. The summed E-state index contributed by atoms with van der Waals surface area (Å²) in [6, 6.07) is 5.67. The van der Waals surface area contributed by atoms with Gasteiger partial charge in [0.1, 0.15) is 0 Å². The van der Waals surface area contributed by atoms with Crippen molar-refractivity contribution in [2.75, 3.05) is 29.6 Å². The van der Waals surface area contributed by atoms with Crippen LogP contribution in [0.4, 0.5) is 5.69 Å². The van der Waals surface area contributed by atoms with E-state index in [1.807, 2.05) is 44.0 Å². The number of sulfone groups is 1. The fourth-order valence-electron chi connectivity index (χ4n) is 3.00. The number of amides is 1.